The number of methoxy groups -OCH3 is 2. The van der Waals surface area contributed by atoms with Crippen LogP contribution in [0.1, 0.15) is 0 Å². The van der Waals surface area contributed by atoms with Gasteiger partial charge in [-0.25, -0.2) is 0 Å². The molecule has 3 rings (SSSR count). The minimum absolute atomic E-state index is 0.0440. The number of fused-ring (bicyclic) bond motifs is 1. The number of ether oxygens (including phenoxy) is 3. The number of nitrogens with zero attached hydrogens (tertiary/aromatic N) is 2. The van der Waals surface area contributed by atoms with Gasteiger partial charge in [-0.3, -0.25) is 9.59 Å². The molecular weight excluding hydrogens is 448 g/mol. The fourth-order valence-electron chi connectivity index (χ4n) is 2.50. The molecule has 0 saturated heterocycles. The second kappa shape index (κ2) is 9.03. The normalized spacial score (nSPS) is 11.5. The summed E-state index contributed by atoms with van der Waals surface area (Å²) in [4.78, 5) is 28.7. The van der Waals surface area contributed by atoms with Crippen molar-refractivity contribution in [1.29, 1.82) is 0 Å². The lowest BCUT2D eigenvalue weighted by atomic mass is 10.3. The molecule has 0 aliphatic carbocycles. The van der Waals surface area contributed by atoms with Crippen LogP contribution in [0.2, 0.25) is 0 Å². The van der Waals surface area contributed by atoms with E-state index in [1.165, 1.54) is 25.6 Å². The van der Waals surface area contributed by atoms with Crippen molar-refractivity contribution in [3.05, 3.63) is 51.7 Å². The Morgan fingerprint density at radius 1 is 1.14 bits per heavy atom. The Bertz CT molecular complexity index is 1090. The summed E-state index contributed by atoms with van der Waals surface area (Å²) in [5, 5.41) is 0. The molecule has 146 valence electrons. The van der Waals surface area contributed by atoms with Gasteiger partial charge in [0, 0.05) is 4.47 Å². The summed E-state index contributed by atoms with van der Waals surface area (Å²) in [5.41, 5.74) is 0.788. The number of halogens is 1. The van der Waals surface area contributed by atoms with Gasteiger partial charge in [-0.2, -0.15) is 4.99 Å². The molecule has 9 heteroatoms. The van der Waals surface area contributed by atoms with E-state index < -0.39 is 11.9 Å². The molecule has 0 fully saturated rings. The molecule has 1 amide bonds. The SMILES string of the molecule is COC(=O)Cn1c(=NC(=O)COc2ccccc2OC)sc2cc(Br)ccc21. The van der Waals surface area contributed by atoms with Crippen LogP contribution in [0.15, 0.2) is 51.9 Å². The monoisotopic (exact) mass is 464 g/mol. The van der Waals surface area contributed by atoms with Crippen molar-refractivity contribution in [3.8, 4) is 11.5 Å². The van der Waals surface area contributed by atoms with E-state index in [1.54, 1.807) is 22.8 Å². The van der Waals surface area contributed by atoms with E-state index in [1.807, 2.05) is 24.3 Å². The number of carbonyl (C=O) groups is 2. The molecule has 0 bridgehead atoms. The average Bonchev–Trinajstić information content (AvgIpc) is 3.02. The number of carbonyl (C=O) groups excluding carboxylic acids is 2. The summed E-state index contributed by atoms with van der Waals surface area (Å²) in [6, 6.07) is 12.7. The Labute approximate surface area is 173 Å². The van der Waals surface area contributed by atoms with Crippen molar-refractivity contribution in [2.75, 3.05) is 20.8 Å². The maximum absolute atomic E-state index is 12.4. The molecule has 2 aromatic carbocycles. The summed E-state index contributed by atoms with van der Waals surface area (Å²) >= 11 is 4.73. The Morgan fingerprint density at radius 3 is 2.61 bits per heavy atom. The molecule has 0 aliphatic rings. The largest absolute Gasteiger partial charge is 0.493 e. The van der Waals surface area contributed by atoms with Crippen LogP contribution >= 0.6 is 27.3 Å². The second-order valence-corrected chi connectivity index (χ2v) is 7.53. The Hall–Kier alpha value is -2.65. The first kappa shape index (κ1) is 20.1. The molecule has 0 aliphatic heterocycles. The Morgan fingerprint density at radius 2 is 1.89 bits per heavy atom. The smallest absolute Gasteiger partial charge is 0.325 e. The molecule has 7 nitrogen and oxygen atoms in total. The highest BCUT2D eigenvalue weighted by Crippen LogP contribution is 2.25. The fraction of sp³-hybridized carbons (Fsp3) is 0.211. The van der Waals surface area contributed by atoms with Gasteiger partial charge in [0.1, 0.15) is 6.54 Å². The van der Waals surface area contributed by atoms with Crippen molar-refractivity contribution in [2.45, 2.75) is 6.54 Å². The van der Waals surface area contributed by atoms with Gasteiger partial charge in [0.25, 0.3) is 5.91 Å². The molecule has 0 spiro atoms. The Kier molecular flexibility index (Phi) is 6.48. The lowest BCUT2D eigenvalue weighted by Crippen LogP contribution is -2.23. The lowest BCUT2D eigenvalue weighted by Gasteiger charge is -2.08. The number of rotatable bonds is 6. The predicted octanol–water partition coefficient (Wildman–Crippen LogP) is 3.15. The predicted molar refractivity (Wildman–Crippen MR) is 109 cm³/mol. The molecule has 0 N–H and O–H groups in total. The van der Waals surface area contributed by atoms with Gasteiger partial charge in [-0.05, 0) is 30.3 Å². The lowest BCUT2D eigenvalue weighted by molar-refractivity contribution is -0.141. The van der Waals surface area contributed by atoms with Crippen LogP contribution in [0.5, 0.6) is 11.5 Å². The highest BCUT2D eigenvalue weighted by molar-refractivity contribution is 9.10. The Balaban J connectivity index is 1.90. The van der Waals surface area contributed by atoms with Crippen LogP contribution in [-0.2, 0) is 20.9 Å². The zero-order valence-corrected chi connectivity index (χ0v) is 17.6. The molecule has 1 heterocycles. The van der Waals surface area contributed by atoms with Crippen molar-refractivity contribution in [1.82, 2.24) is 4.57 Å². The van der Waals surface area contributed by atoms with Crippen LogP contribution in [0, 0.1) is 0 Å². The van der Waals surface area contributed by atoms with Gasteiger partial charge in [0.2, 0.25) is 0 Å². The van der Waals surface area contributed by atoms with E-state index >= 15 is 0 Å². The van der Waals surface area contributed by atoms with Gasteiger partial charge in [-0.15, -0.1) is 0 Å². The van der Waals surface area contributed by atoms with Crippen LogP contribution < -0.4 is 14.3 Å². The number of esters is 1. The molecule has 3 aromatic rings. The second-order valence-electron chi connectivity index (χ2n) is 5.60. The van der Waals surface area contributed by atoms with Crippen molar-refractivity contribution < 1.29 is 23.8 Å². The molecule has 28 heavy (non-hydrogen) atoms. The zero-order chi connectivity index (χ0) is 20.1. The number of para-hydroxylation sites is 2. The number of thiazole rings is 1. The topological polar surface area (TPSA) is 79.1 Å². The maximum Gasteiger partial charge on any atom is 0.325 e. The summed E-state index contributed by atoms with van der Waals surface area (Å²) in [6.07, 6.45) is 0. The molecule has 0 radical (unpaired) electrons. The van der Waals surface area contributed by atoms with E-state index in [9.17, 15) is 9.59 Å². The van der Waals surface area contributed by atoms with Crippen LogP contribution in [-0.4, -0.2) is 37.3 Å². The molecule has 0 atom stereocenters. The summed E-state index contributed by atoms with van der Waals surface area (Å²) in [5.74, 6) is 0.0796. The minimum atomic E-state index is -0.477. The van der Waals surface area contributed by atoms with E-state index in [0.29, 0.717) is 16.3 Å². The maximum atomic E-state index is 12.4. The van der Waals surface area contributed by atoms with Gasteiger partial charge in [0.05, 0.1) is 24.4 Å². The third-order valence-electron chi connectivity index (χ3n) is 3.80. The first-order valence-corrected chi connectivity index (χ1v) is 9.82. The number of aromatic nitrogens is 1. The quantitative estimate of drug-likeness (QED) is 0.523. The van der Waals surface area contributed by atoms with Gasteiger partial charge in [0.15, 0.2) is 22.9 Å². The standard InChI is InChI=1S/C19H17BrN2O5S/c1-25-14-5-3-4-6-15(14)27-11-17(23)21-19-22(10-18(24)26-2)13-8-7-12(20)9-16(13)28-19/h3-9H,10-11H2,1-2H3. The van der Waals surface area contributed by atoms with Gasteiger partial charge in [-0.1, -0.05) is 39.4 Å². The third kappa shape index (κ3) is 4.60. The summed E-state index contributed by atoms with van der Waals surface area (Å²) in [6.45, 7) is -0.297. The molecular formula is C19H17BrN2O5S. The average molecular weight is 465 g/mol. The highest BCUT2D eigenvalue weighted by atomic mass is 79.9. The fourth-order valence-corrected chi connectivity index (χ4v) is 4.09. The van der Waals surface area contributed by atoms with Gasteiger partial charge >= 0.3 is 5.97 Å². The first-order valence-electron chi connectivity index (χ1n) is 8.21. The van der Waals surface area contributed by atoms with Crippen molar-refractivity contribution in [3.63, 3.8) is 0 Å². The number of hydrogen-bond donors (Lipinski definition) is 0. The molecule has 0 saturated carbocycles. The minimum Gasteiger partial charge on any atom is -0.493 e. The number of hydrogen-bond acceptors (Lipinski definition) is 6. The van der Waals surface area contributed by atoms with E-state index in [4.69, 9.17) is 14.2 Å². The third-order valence-corrected chi connectivity index (χ3v) is 5.33. The highest BCUT2D eigenvalue weighted by Gasteiger charge is 2.13. The number of amides is 1. The summed E-state index contributed by atoms with van der Waals surface area (Å²) in [7, 11) is 2.84. The van der Waals surface area contributed by atoms with E-state index in [2.05, 4.69) is 20.9 Å². The van der Waals surface area contributed by atoms with Crippen LogP contribution in [0.25, 0.3) is 10.2 Å². The molecule has 1 aromatic heterocycles. The van der Waals surface area contributed by atoms with Crippen LogP contribution in [0.4, 0.5) is 0 Å². The first-order chi connectivity index (χ1) is 13.5. The van der Waals surface area contributed by atoms with Gasteiger partial charge < -0.3 is 18.8 Å². The molecule has 0 unspecified atom stereocenters. The zero-order valence-electron chi connectivity index (χ0n) is 15.2. The van der Waals surface area contributed by atoms with Crippen molar-refractivity contribution in [2.24, 2.45) is 4.99 Å². The number of benzene rings is 2. The van der Waals surface area contributed by atoms with Crippen molar-refractivity contribution >= 4 is 49.4 Å². The van der Waals surface area contributed by atoms with E-state index in [0.717, 1.165) is 14.7 Å². The van der Waals surface area contributed by atoms with Crippen LogP contribution in [0.3, 0.4) is 0 Å². The summed E-state index contributed by atoms with van der Waals surface area (Å²) < 4.78 is 18.9. The van der Waals surface area contributed by atoms with E-state index in [-0.39, 0.29) is 13.2 Å².